The quantitative estimate of drug-likeness (QED) is 0.302. The van der Waals surface area contributed by atoms with Crippen LogP contribution in [0.2, 0.25) is 0 Å². The molecule has 0 aliphatic carbocycles. The Morgan fingerprint density at radius 1 is 1.16 bits per heavy atom. The number of aryl methyl sites for hydroxylation is 3. The second-order valence-electron chi connectivity index (χ2n) is 11.0. The Labute approximate surface area is 256 Å². The van der Waals surface area contributed by atoms with Crippen LogP contribution in [0.5, 0.6) is 0 Å². The van der Waals surface area contributed by atoms with Crippen molar-refractivity contribution in [2.45, 2.75) is 50.7 Å². The van der Waals surface area contributed by atoms with Gasteiger partial charge in [-0.25, -0.2) is 23.1 Å². The summed E-state index contributed by atoms with van der Waals surface area (Å²) in [6.07, 6.45) is 6.98. The molecule has 4 aromatic rings. The SMILES string of the molecule is Cc1cc(-c2ccnc(Nc3cnn(C)c3)n2)ccc1CCC(=O)N1CC(OC(C)C)C1.O=C1NS(=O)(=O)c2ccccc21. The molecule has 1 fully saturated rings. The standard InChI is InChI=1S/C24H30N6O2.C7H5NO3S/c1-16(2)32-21-14-30(15-21)23(31)8-7-18-5-6-19(11-17(18)3)22-9-10-25-24(28-22)27-20-12-26-29(4)13-20;9-7-5-3-1-2-4-6(5)12(10,11)8-7/h5-6,9-13,16,21H,7-8,14-15H2,1-4H3,(H,25,27,28);1-4H,(H,8,9). The normalized spacial score (nSPS) is 15.2. The van der Waals surface area contributed by atoms with Gasteiger partial charge in [0.15, 0.2) is 0 Å². The van der Waals surface area contributed by atoms with Gasteiger partial charge in [0.2, 0.25) is 11.9 Å². The minimum Gasteiger partial charge on any atom is -0.372 e. The van der Waals surface area contributed by atoms with Gasteiger partial charge < -0.3 is 15.0 Å². The first-order valence-electron chi connectivity index (χ1n) is 14.3. The van der Waals surface area contributed by atoms with E-state index in [2.05, 4.69) is 45.5 Å². The number of amides is 2. The zero-order valence-electron chi connectivity index (χ0n) is 25.0. The van der Waals surface area contributed by atoms with E-state index in [1.165, 1.54) is 17.7 Å². The molecule has 0 radical (unpaired) electrons. The molecule has 0 unspecified atom stereocenters. The van der Waals surface area contributed by atoms with Crippen molar-refractivity contribution in [2.24, 2.45) is 7.05 Å². The fraction of sp³-hybridized carbons (Fsp3) is 0.323. The number of ether oxygens (including phenoxy) is 1. The van der Waals surface area contributed by atoms with Gasteiger partial charge in [0.05, 0.1) is 35.3 Å². The monoisotopic (exact) mass is 617 g/mol. The van der Waals surface area contributed by atoms with Gasteiger partial charge in [-0.3, -0.25) is 14.3 Å². The van der Waals surface area contributed by atoms with Crippen LogP contribution in [-0.2, 0) is 33.0 Å². The zero-order valence-corrected chi connectivity index (χ0v) is 25.8. The number of hydrogen-bond donors (Lipinski definition) is 2. The first-order valence-corrected chi connectivity index (χ1v) is 15.7. The van der Waals surface area contributed by atoms with Gasteiger partial charge in [-0.2, -0.15) is 5.10 Å². The summed E-state index contributed by atoms with van der Waals surface area (Å²) in [5, 5.41) is 7.32. The highest BCUT2D eigenvalue weighted by Gasteiger charge is 2.32. The summed E-state index contributed by atoms with van der Waals surface area (Å²) in [5.74, 6) is 0.168. The topological polar surface area (TPSA) is 148 Å². The maximum absolute atomic E-state index is 12.5. The van der Waals surface area contributed by atoms with Crippen LogP contribution in [0.1, 0.15) is 41.8 Å². The number of aromatic nitrogens is 4. The summed E-state index contributed by atoms with van der Waals surface area (Å²) in [6.45, 7) is 7.54. The molecule has 2 N–H and O–H groups in total. The molecule has 2 aromatic heterocycles. The molecule has 230 valence electrons. The lowest BCUT2D eigenvalue weighted by Crippen LogP contribution is -2.55. The first-order chi connectivity index (χ1) is 21.0. The molecule has 4 heterocycles. The number of fused-ring (bicyclic) bond motifs is 1. The largest absolute Gasteiger partial charge is 0.372 e. The van der Waals surface area contributed by atoms with Crippen molar-refractivity contribution >= 4 is 33.5 Å². The fourth-order valence-corrected chi connectivity index (χ4v) is 6.14. The third-order valence-electron chi connectivity index (χ3n) is 7.18. The van der Waals surface area contributed by atoms with Crippen LogP contribution in [0.25, 0.3) is 11.3 Å². The van der Waals surface area contributed by atoms with Crippen LogP contribution < -0.4 is 10.0 Å². The number of hydrogen-bond acceptors (Lipinski definition) is 9. The maximum atomic E-state index is 12.5. The zero-order chi connectivity index (χ0) is 31.4. The molecule has 0 bridgehead atoms. The van der Waals surface area contributed by atoms with Crippen molar-refractivity contribution in [1.29, 1.82) is 0 Å². The summed E-state index contributed by atoms with van der Waals surface area (Å²) >= 11 is 0. The first kappa shape index (κ1) is 30.8. The molecule has 13 heteroatoms. The molecular formula is C31H35N7O5S. The molecule has 0 atom stereocenters. The van der Waals surface area contributed by atoms with Gasteiger partial charge in [-0.05, 0) is 62.6 Å². The van der Waals surface area contributed by atoms with Crippen LogP contribution >= 0.6 is 0 Å². The molecule has 0 spiro atoms. The number of likely N-dealkylation sites (tertiary alicyclic amines) is 1. The highest BCUT2D eigenvalue weighted by Crippen LogP contribution is 2.24. The van der Waals surface area contributed by atoms with Crippen molar-refractivity contribution < 1.29 is 22.7 Å². The second-order valence-corrected chi connectivity index (χ2v) is 12.6. The predicted octanol–water partition coefficient (Wildman–Crippen LogP) is 3.62. The Hall–Kier alpha value is -4.62. The number of carbonyl (C=O) groups is 2. The van der Waals surface area contributed by atoms with Gasteiger partial charge in [-0.15, -0.1) is 0 Å². The van der Waals surface area contributed by atoms with Gasteiger partial charge >= 0.3 is 0 Å². The van der Waals surface area contributed by atoms with Gasteiger partial charge in [0, 0.05) is 44.5 Å². The van der Waals surface area contributed by atoms with Crippen molar-refractivity contribution in [3.8, 4) is 11.3 Å². The van der Waals surface area contributed by atoms with E-state index in [-0.39, 0.29) is 28.6 Å². The summed E-state index contributed by atoms with van der Waals surface area (Å²) < 4.78 is 31.6. The third-order valence-corrected chi connectivity index (χ3v) is 8.57. The molecule has 2 aliphatic rings. The van der Waals surface area contributed by atoms with Gasteiger partial charge in [0.1, 0.15) is 4.90 Å². The Bertz CT molecular complexity index is 1780. The van der Waals surface area contributed by atoms with E-state index in [0.29, 0.717) is 25.5 Å². The lowest BCUT2D eigenvalue weighted by Gasteiger charge is -2.40. The van der Waals surface area contributed by atoms with Crippen molar-refractivity contribution in [2.75, 3.05) is 18.4 Å². The number of carbonyl (C=O) groups excluding carboxylic acids is 2. The molecule has 44 heavy (non-hydrogen) atoms. The average Bonchev–Trinajstić information content (AvgIpc) is 3.48. The number of benzene rings is 2. The minimum atomic E-state index is -3.55. The van der Waals surface area contributed by atoms with Crippen LogP contribution in [0.15, 0.2) is 72.0 Å². The van der Waals surface area contributed by atoms with Gasteiger partial charge in [0.25, 0.3) is 15.9 Å². The van der Waals surface area contributed by atoms with Crippen LogP contribution in [0, 0.1) is 6.92 Å². The fourth-order valence-electron chi connectivity index (χ4n) is 4.96. The smallest absolute Gasteiger partial charge is 0.266 e. The van der Waals surface area contributed by atoms with E-state index in [1.54, 1.807) is 29.2 Å². The highest BCUT2D eigenvalue weighted by atomic mass is 32.2. The molecule has 6 rings (SSSR count). The van der Waals surface area contributed by atoms with Crippen LogP contribution in [0.3, 0.4) is 0 Å². The summed E-state index contributed by atoms with van der Waals surface area (Å²) in [5.41, 5.74) is 5.25. The van der Waals surface area contributed by atoms with Gasteiger partial charge in [-0.1, -0.05) is 24.3 Å². The number of sulfonamides is 1. The molecular weight excluding hydrogens is 582 g/mol. The molecule has 12 nitrogen and oxygen atoms in total. The average molecular weight is 618 g/mol. The highest BCUT2D eigenvalue weighted by molar-refractivity contribution is 7.90. The Kier molecular flexibility index (Phi) is 9.06. The van der Waals surface area contributed by atoms with Crippen molar-refractivity contribution in [3.05, 3.63) is 83.8 Å². The number of nitrogens with one attached hydrogen (secondary N) is 2. The summed E-state index contributed by atoms with van der Waals surface area (Å²) in [7, 11) is -1.69. The second kappa shape index (κ2) is 12.9. The van der Waals surface area contributed by atoms with E-state index < -0.39 is 15.9 Å². The van der Waals surface area contributed by atoms with Crippen LogP contribution in [0.4, 0.5) is 11.6 Å². The van der Waals surface area contributed by atoms with E-state index in [4.69, 9.17) is 4.74 Å². The summed E-state index contributed by atoms with van der Waals surface area (Å²) in [4.78, 5) is 34.3. The number of rotatable bonds is 8. The van der Waals surface area contributed by atoms with Crippen molar-refractivity contribution in [3.63, 3.8) is 0 Å². The summed E-state index contributed by atoms with van der Waals surface area (Å²) in [6, 6.07) is 14.2. The van der Waals surface area contributed by atoms with E-state index in [9.17, 15) is 18.0 Å². The molecule has 2 aliphatic heterocycles. The maximum Gasteiger partial charge on any atom is 0.266 e. The Morgan fingerprint density at radius 3 is 2.61 bits per heavy atom. The number of anilines is 2. The van der Waals surface area contributed by atoms with E-state index in [0.717, 1.165) is 28.9 Å². The lowest BCUT2D eigenvalue weighted by molar-refractivity contribution is -0.148. The molecule has 2 amide bonds. The van der Waals surface area contributed by atoms with E-state index in [1.807, 2.05) is 42.8 Å². The Balaban J connectivity index is 0.000000266. The lowest BCUT2D eigenvalue weighted by atomic mass is 9.99. The molecule has 1 saturated heterocycles. The minimum absolute atomic E-state index is 0.0648. The predicted molar refractivity (Wildman–Crippen MR) is 165 cm³/mol. The van der Waals surface area contributed by atoms with E-state index >= 15 is 0 Å². The van der Waals surface area contributed by atoms with Crippen molar-refractivity contribution in [1.82, 2.24) is 29.4 Å². The Morgan fingerprint density at radius 2 is 1.93 bits per heavy atom. The number of nitrogens with zero attached hydrogens (tertiary/aromatic N) is 5. The third kappa shape index (κ3) is 7.29. The van der Waals surface area contributed by atoms with Crippen LogP contribution in [-0.4, -0.2) is 70.2 Å². The molecule has 0 saturated carbocycles. The molecule has 2 aromatic carbocycles.